The van der Waals surface area contributed by atoms with Crippen LogP contribution in [0.4, 0.5) is 10.1 Å². The van der Waals surface area contributed by atoms with Crippen LogP contribution in [0.3, 0.4) is 0 Å². The number of carbonyl (C=O) groups excluding carboxylic acids is 2. The zero-order chi connectivity index (χ0) is 17.8. The van der Waals surface area contributed by atoms with E-state index in [1.165, 1.54) is 24.3 Å². The minimum absolute atomic E-state index is 0.116. The van der Waals surface area contributed by atoms with Gasteiger partial charge in [-0.25, -0.2) is 4.39 Å². The number of nitrogens with one attached hydrogen (secondary N) is 2. The van der Waals surface area contributed by atoms with Gasteiger partial charge in [-0.1, -0.05) is 17.7 Å². The SMILES string of the molecule is O=C(/C=C/c1c(F)cccc1Cl)Nc1ccc(C(=O)NC2CC2)cc1. The first-order valence-electron chi connectivity index (χ1n) is 7.87. The fourth-order valence-electron chi connectivity index (χ4n) is 2.21. The molecule has 1 saturated carbocycles. The molecule has 2 aromatic carbocycles. The Bertz CT molecular complexity index is 810. The third kappa shape index (κ3) is 4.67. The molecule has 4 nitrogen and oxygen atoms in total. The lowest BCUT2D eigenvalue weighted by Gasteiger charge is -2.06. The molecule has 0 heterocycles. The molecule has 1 aliphatic carbocycles. The number of hydrogen-bond donors (Lipinski definition) is 2. The van der Waals surface area contributed by atoms with Crippen molar-refractivity contribution >= 4 is 35.2 Å². The Labute approximate surface area is 149 Å². The summed E-state index contributed by atoms with van der Waals surface area (Å²) in [5.41, 5.74) is 1.24. The summed E-state index contributed by atoms with van der Waals surface area (Å²) < 4.78 is 13.6. The Morgan fingerprint density at radius 2 is 1.84 bits per heavy atom. The smallest absolute Gasteiger partial charge is 0.251 e. The molecule has 0 aliphatic heterocycles. The van der Waals surface area contributed by atoms with Crippen LogP contribution < -0.4 is 10.6 Å². The minimum atomic E-state index is -0.498. The summed E-state index contributed by atoms with van der Waals surface area (Å²) in [5.74, 6) is -1.04. The summed E-state index contributed by atoms with van der Waals surface area (Å²) in [5, 5.41) is 5.77. The fraction of sp³-hybridized carbons (Fsp3) is 0.158. The fourth-order valence-corrected chi connectivity index (χ4v) is 2.44. The van der Waals surface area contributed by atoms with Crippen molar-refractivity contribution in [2.75, 3.05) is 5.32 Å². The molecule has 25 heavy (non-hydrogen) atoms. The second-order valence-corrected chi connectivity index (χ2v) is 6.19. The van der Waals surface area contributed by atoms with Crippen molar-refractivity contribution < 1.29 is 14.0 Å². The van der Waals surface area contributed by atoms with Crippen LogP contribution in [0.2, 0.25) is 5.02 Å². The summed E-state index contributed by atoms with van der Waals surface area (Å²) in [6.07, 6.45) is 4.58. The van der Waals surface area contributed by atoms with Crippen LogP contribution in [0.1, 0.15) is 28.8 Å². The van der Waals surface area contributed by atoms with Gasteiger partial charge in [-0.15, -0.1) is 0 Å². The van der Waals surface area contributed by atoms with E-state index in [9.17, 15) is 14.0 Å². The van der Waals surface area contributed by atoms with Crippen molar-refractivity contribution in [1.29, 1.82) is 0 Å². The van der Waals surface area contributed by atoms with Crippen LogP contribution in [0.15, 0.2) is 48.5 Å². The van der Waals surface area contributed by atoms with Gasteiger partial charge in [0.1, 0.15) is 5.82 Å². The molecule has 3 rings (SSSR count). The molecular formula is C19H16ClFN2O2. The average Bonchev–Trinajstić information content (AvgIpc) is 3.39. The van der Waals surface area contributed by atoms with Crippen molar-refractivity contribution in [3.63, 3.8) is 0 Å². The second kappa shape index (κ2) is 7.49. The van der Waals surface area contributed by atoms with E-state index >= 15 is 0 Å². The van der Waals surface area contributed by atoms with Crippen LogP contribution in [0.5, 0.6) is 0 Å². The van der Waals surface area contributed by atoms with E-state index < -0.39 is 11.7 Å². The van der Waals surface area contributed by atoms with Crippen molar-refractivity contribution in [3.8, 4) is 0 Å². The third-order valence-electron chi connectivity index (χ3n) is 3.73. The topological polar surface area (TPSA) is 58.2 Å². The second-order valence-electron chi connectivity index (χ2n) is 5.78. The highest BCUT2D eigenvalue weighted by molar-refractivity contribution is 6.32. The van der Waals surface area contributed by atoms with E-state index in [-0.39, 0.29) is 16.5 Å². The molecule has 2 N–H and O–H groups in total. The highest BCUT2D eigenvalue weighted by Crippen LogP contribution is 2.21. The predicted octanol–water partition coefficient (Wildman–Crippen LogP) is 4.02. The number of benzene rings is 2. The first kappa shape index (κ1) is 17.2. The van der Waals surface area contributed by atoms with E-state index in [1.54, 1.807) is 30.3 Å². The number of amides is 2. The number of carbonyl (C=O) groups is 2. The molecule has 1 fully saturated rings. The van der Waals surface area contributed by atoms with Gasteiger partial charge in [-0.3, -0.25) is 9.59 Å². The maximum absolute atomic E-state index is 13.6. The van der Waals surface area contributed by atoms with Crippen molar-refractivity contribution in [2.45, 2.75) is 18.9 Å². The van der Waals surface area contributed by atoms with E-state index in [1.807, 2.05) is 0 Å². The number of anilines is 1. The Morgan fingerprint density at radius 1 is 1.12 bits per heavy atom. The summed E-state index contributed by atoms with van der Waals surface area (Å²) in [7, 11) is 0. The quantitative estimate of drug-likeness (QED) is 0.793. The number of hydrogen-bond acceptors (Lipinski definition) is 2. The molecule has 1 aliphatic rings. The van der Waals surface area contributed by atoms with Gasteiger partial charge in [0.25, 0.3) is 5.91 Å². The first-order valence-corrected chi connectivity index (χ1v) is 8.25. The van der Waals surface area contributed by atoms with Gasteiger partial charge in [0.05, 0.1) is 5.02 Å². The van der Waals surface area contributed by atoms with Gasteiger partial charge in [0, 0.05) is 28.9 Å². The molecule has 2 aromatic rings. The van der Waals surface area contributed by atoms with Crippen molar-refractivity contribution in [3.05, 3.63) is 70.5 Å². The maximum Gasteiger partial charge on any atom is 0.251 e. The average molecular weight is 359 g/mol. The van der Waals surface area contributed by atoms with Gasteiger partial charge < -0.3 is 10.6 Å². The zero-order valence-corrected chi connectivity index (χ0v) is 14.0. The lowest BCUT2D eigenvalue weighted by atomic mass is 10.2. The van der Waals surface area contributed by atoms with Crippen LogP contribution in [0.25, 0.3) is 6.08 Å². The lowest BCUT2D eigenvalue weighted by molar-refractivity contribution is -0.111. The molecule has 2 amide bonds. The summed E-state index contributed by atoms with van der Waals surface area (Å²) in [6.45, 7) is 0. The Balaban J connectivity index is 1.60. The van der Waals surface area contributed by atoms with E-state index in [2.05, 4.69) is 10.6 Å². The molecule has 0 unspecified atom stereocenters. The first-order chi connectivity index (χ1) is 12.0. The third-order valence-corrected chi connectivity index (χ3v) is 4.06. The molecule has 128 valence electrons. The summed E-state index contributed by atoms with van der Waals surface area (Å²) >= 11 is 5.90. The largest absolute Gasteiger partial charge is 0.349 e. The molecule has 0 saturated heterocycles. The molecule has 6 heteroatoms. The van der Waals surface area contributed by atoms with Gasteiger partial charge in [0.2, 0.25) is 5.91 Å². The Morgan fingerprint density at radius 3 is 2.48 bits per heavy atom. The highest BCUT2D eigenvalue weighted by Gasteiger charge is 2.23. The summed E-state index contributed by atoms with van der Waals surface area (Å²) in [4.78, 5) is 23.8. The maximum atomic E-state index is 13.6. The van der Waals surface area contributed by atoms with Crippen LogP contribution in [-0.2, 0) is 4.79 Å². The summed E-state index contributed by atoms with van der Waals surface area (Å²) in [6, 6.07) is 11.2. The lowest BCUT2D eigenvalue weighted by Crippen LogP contribution is -2.25. The predicted molar refractivity (Wildman–Crippen MR) is 96.0 cm³/mol. The zero-order valence-electron chi connectivity index (χ0n) is 13.3. The highest BCUT2D eigenvalue weighted by atomic mass is 35.5. The van der Waals surface area contributed by atoms with Crippen LogP contribution in [0, 0.1) is 5.82 Å². The van der Waals surface area contributed by atoms with Gasteiger partial charge in [-0.2, -0.15) is 0 Å². The molecule has 0 radical (unpaired) electrons. The molecule has 0 aromatic heterocycles. The molecule has 0 spiro atoms. The van der Waals surface area contributed by atoms with Crippen molar-refractivity contribution in [2.24, 2.45) is 0 Å². The standard InChI is InChI=1S/C19H16ClFN2O2/c20-16-2-1-3-17(21)15(16)10-11-18(24)22-13-6-4-12(5-7-13)19(25)23-14-8-9-14/h1-7,10-11,14H,8-9H2,(H,22,24)(H,23,25)/b11-10+. The Kier molecular flexibility index (Phi) is 5.14. The molecular weight excluding hydrogens is 343 g/mol. The Hall–Kier alpha value is -2.66. The van der Waals surface area contributed by atoms with E-state index in [4.69, 9.17) is 11.6 Å². The number of rotatable bonds is 5. The van der Waals surface area contributed by atoms with Gasteiger partial charge >= 0.3 is 0 Å². The van der Waals surface area contributed by atoms with Crippen molar-refractivity contribution in [1.82, 2.24) is 5.32 Å². The van der Waals surface area contributed by atoms with Crippen LogP contribution >= 0.6 is 11.6 Å². The van der Waals surface area contributed by atoms with E-state index in [0.717, 1.165) is 12.8 Å². The minimum Gasteiger partial charge on any atom is -0.349 e. The van der Waals surface area contributed by atoms with Gasteiger partial charge in [-0.05, 0) is 55.3 Å². The monoisotopic (exact) mass is 358 g/mol. The number of halogens is 2. The van der Waals surface area contributed by atoms with Gasteiger partial charge in [0.15, 0.2) is 0 Å². The molecule has 0 bridgehead atoms. The van der Waals surface area contributed by atoms with Crippen LogP contribution in [-0.4, -0.2) is 17.9 Å². The molecule has 0 atom stereocenters. The van der Waals surface area contributed by atoms with E-state index in [0.29, 0.717) is 17.3 Å². The normalized spacial score (nSPS) is 13.7.